The van der Waals surface area contributed by atoms with Crippen LogP contribution >= 0.6 is 7.82 Å². The third-order valence-corrected chi connectivity index (χ3v) is 4.33. The summed E-state index contributed by atoms with van der Waals surface area (Å²) in [4.78, 5) is 28.2. The molecule has 0 saturated carbocycles. The Morgan fingerprint density at radius 3 is 1.79 bits per heavy atom. The Morgan fingerprint density at radius 1 is 0.931 bits per heavy atom. The fraction of sp³-hybridized carbons (Fsp3) is 0.381. The van der Waals surface area contributed by atoms with Gasteiger partial charge in [-0.1, -0.05) is 71.9 Å². The molecule has 0 heterocycles. The van der Waals surface area contributed by atoms with E-state index in [9.17, 15) is 9.36 Å². The first-order valence-electron chi connectivity index (χ1n) is 8.80. The minimum absolute atomic E-state index is 0. The number of carboxylic acid groups (broad SMARTS) is 1. The zero-order valence-electron chi connectivity index (χ0n) is 19.1. The van der Waals surface area contributed by atoms with Gasteiger partial charge < -0.3 is 11.1 Å². The number of aromatic carboxylic acids is 1. The summed E-state index contributed by atoms with van der Waals surface area (Å²) in [5.41, 5.74) is 1.95. The van der Waals surface area contributed by atoms with Crippen molar-refractivity contribution in [2.45, 2.75) is 52.4 Å². The molecule has 2 rings (SSSR count). The Labute approximate surface area is 196 Å². The summed E-state index contributed by atoms with van der Waals surface area (Å²) in [5, 5.41) is 8.38. The first kappa shape index (κ1) is 27.9. The van der Waals surface area contributed by atoms with E-state index in [0.717, 1.165) is 11.1 Å². The predicted octanol–water partition coefficient (Wildman–Crippen LogP) is 2.25. The molecule has 0 spiro atoms. The van der Waals surface area contributed by atoms with Crippen molar-refractivity contribution < 1.29 is 59.8 Å². The molecule has 0 fully saturated rings. The molecule has 156 valence electrons. The number of carbonyl (C=O) groups is 1. The molecule has 0 aromatic heterocycles. The van der Waals surface area contributed by atoms with Crippen molar-refractivity contribution in [2.24, 2.45) is 0 Å². The van der Waals surface area contributed by atoms with Gasteiger partial charge in [0.1, 0.15) is 5.75 Å². The summed E-state index contributed by atoms with van der Waals surface area (Å²) in [6.45, 7) is 12.2. The van der Waals surface area contributed by atoms with E-state index < -0.39 is 13.8 Å². The van der Waals surface area contributed by atoms with E-state index in [-0.39, 0.29) is 47.6 Å². The van der Waals surface area contributed by atoms with Gasteiger partial charge in [0.15, 0.2) is 0 Å². The number of rotatable bonds is 3. The van der Waals surface area contributed by atoms with Crippen molar-refractivity contribution in [3.63, 3.8) is 0 Å². The fourth-order valence-corrected chi connectivity index (χ4v) is 2.79. The molecule has 0 aliphatic carbocycles. The van der Waals surface area contributed by atoms with E-state index >= 15 is 0 Å². The molecule has 6 nitrogen and oxygen atoms in total. The molecule has 29 heavy (non-hydrogen) atoms. The largest absolute Gasteiger partial charge is 1.00 e. The van der Waals surface area contributed by atoms with Crippen LogP contribution < -0.4 is 34.1 Å². The van der Waals surface area contributed by atoms with Crippen molar-refractivity contribution in [2.75, 3.05) is 0 Å². The average molecular weight is 432 g/mol. The van der Waals surface area contributed by atoms with Gasteiger partial charge in [0, 0.05) is 5.56 Å². The van der Waals surface area contributed by atoms with Crippen LogP contribution in [0.1, 0.15) is 64.5 Å². The van der Waals surface area contributed by atoms with E-state index in [0.29, 0.717) is 5.56 Å². The Hall–Kier alpha value is -1.14. The van der Waals surface area contributed by atoms with Gasteiger partial charge in [0.05, 0.1) is 5.56 Å². The van der Waals surface area contributed by atoms with Crippen molar-refractivity contribution >= 4 is 13.8 Å². The van der Waals surface area contributed by atoms with Crippen LogP contribution in [0, 0.1) is 0 Å². The second kappa shape index (κ2) is 10.8. The Bertz CT molecular complexity index is 854. The second-order valence-electron chi connectivity index (χ2n) is 8.46. The monoisotopic (exact) mass is 432 g/mol. The number of phosphoric ester groups is 1. The van der Waals surface area contributed by atoms with Gasteiger partial charge in [0.25, 0.3) is 0 Å². The molecular formula is C21H30NaO6P. The summed E-state index contributed by atoms with van der Waals surface area (Å²) in [6, 6.07) is 13.7. The van der Waals surface area contributed by atoms with Crippen LogP contribution in [0.15, 0.2) is 48.5 Å². The van der Waals surface area contributed by atoms with Crippen molar-refractivity contribution in [1.82, 2.24) is 0 Å². The Kier molecular flexibility index (Phi) is 10.3. The second-order valence-corrected chi connectivity index (χ2v) is 9.63. The normalized spacial score (nSPS) is 11.6. The zero-order valence-corrected chi connectivity index (χ0v) is 21.0. The first-order valence-corrected chi connectivity index (χ1v) is 10.3. The molecule has 0 radical (unpaired) electrons. The maximum absolute atomic E-state index is 11.0. The van der Waals surface area contributed by atoms with E-state index in [4.69, 9.17) is 19.4 Å². The molecular weight excluding hydrogens is 402 g/mol. The summed E-state index contributed by atoms with van der Waals surface area (Å²) in [5.74, 6) is -0.635. The quantitative estimate of drug-likeness (QED) is 0.508. The van der Waals surface area contributed by atoms with E-state index in [1.807, 2.05) is 32.9 Å². The minimum atomic E-state index is -4.54. The molecule has 8 heteroatoms. The van der Waals surface area contributed by atoms with Crippen LogP contribution in [0.2, 0.25) is 0 Å². The van der Waals surface area contributed by atoms with Crippen molar-refractivity contribution in [3.05, 3.63) is 65.2 Å². The number of phosphoric acid groups is 1. The van der Waals surface area contributed by atoms with Gasteiger partial charge in [-0.3, -0.25) is 9.79 Å². The molecule has 0 aliphatic heterocycles. The number of hydrogen-bond donors (Lipinski definition) is 3. The summed E-state index contributed by atoms with van der Waals surface area (Å²) in [6.07, 6.45) is 0. The minimum Gasteiger partial charge on any atom is -1.00 e. The molecule has 0 bridgehead atoms. The molecule has 0 atom stereocenters. The number of carboxylic acids is 1. The van der Waals surface area contributed by atoms with Crippen LogP contribution in [-0.4, -0.2) is 20.9 Å². The molecule has 0 unspecified atom stereocenters. The van der Waals surface area contributed by atoms with Gasteiger partial charge in [-0.15, -0.1) is 0 Å². The number of hydrogen-bond acceptors (Lipinski definition) is 3. The van der Waals surface area contributed by atoms with Gasteiger partial charge in [-0.05, 0) is 34.6 Å². The standard InChI is InChI=1S/C14H23O4P.C7H6O2.Na.H/c1-13(2,3)10-7-8-12(18-19(15,16)17)11(9-10)14(4,5)6;8-7(9)6-4-2-1-3-5-6;;/h7-9H,1-6H3,(H2,15,16,17);1-5H,(H,8,9);;/q;;+1;-1. The third-order valence-electron chi connectivity index (χ3n) is 3.89. The first-order chi connectivity index (χ1) is 12.6. The topological polar surface area (TPSA) is 104 Å². The van der Waals surface area contributed by atoms with Crippen LogP contribution in [0.25, 0.3) is 0 Å². The Morgan fingerprint density at radius 2 is 1.45 bits per heavy atom. The van der Waals surface area contributed by atoms with Crippen LogP contribution in [-0.2, 0) is 15.4 Å². The maximum atomic E-state index is 11.0. The Balaban J connectivity index is 0. The van der Waals surface area contributed by atoms with Gasteiger partial charge >= 0.3 is 43.3 Å². The van der Waals surface area contributed by atoms with Crippen molar-refractivity contribution in [1.29, 1.82) is 0 Å². The van der Waals surface area contributed by atoms with E-state index in [1.165, 1.54) is 0 Å². The predicted molar refractivity (Wildman–Crippen MR) is 111 cm³/mol. The fourth-order valence-electron chi connectivity index (χ4n) is 2.37. The van der Waals surface area contributed by atoms with Gasteiger partial charge in [0.2, 0.25) is 0 Å². The number of benzene rings is 2. The molecule has 2 aromatic rings. The maximum Gasteiger partial charge on any atom is 1.00 e. The van der Waals surface area contributed by atoms with Crippen LogP contribution in [0.4, 0.5) is 0 Å². The van der Waals surface area contributed by atoms with E-state index in [2.05, 4.69) is 20.8 Å². The summed E-state index contributed by atoms with van der Waals surface area (Å²) < 4.78 is 15.8. The average Bonchev–Trinajstić information content (AvgIpc) is 2.53. The smallest absolute Gasteiger partial charge is 1.00 e. The molecule has 2 aromatic carbocycles. The van der Waals surface area contributed by atoms with Gasteiger partial charge in [-0.2, -0.15) is 0 Å². The summed E-state index contributed by atoms with van der Waals surface area (Å²) in [7, 11) is -4.54. The van der Waals surface area contributed by atoms with E-state index in [1.54, 1.807) is 36.4 Å². The molecule has 3 N–H and O–H groups in total. The van der Waals surface area contributed by atoms with Crippen molar-refractivity contribution in [3.8, 4) is 5.75 Å². The molecule has 0 amide bonds. The van der Waals surface area contributed by atoms with Gasteiger partial charge in [-0.25, -0.2) is 9.36 Å². The third kappa shape index (κ3) is 9.94. The zero-order chi connectivity index (χ0) is 21.8. The van der Waals surface area contributed by atoms with Crippen LogP contribution in [0.3, 0.4) is 0 Å². The molecule has 0 saturated heterocycles. The molecule has 0 aliphatic rings. The van der Waals surface area contributed by atoms with Crippen LogP contribution in [0.5, 0.6) is 5.75 Å². The SMILES string of the molecule is CC(C)(C)c1ccc(OP(=O)(O)O)c(C(C)(C)C)c1.O=C(O)c1ccccc1.[H-].[Na+]. The summed E-state index contributed by atoms with van der Waals surface area (Å²) >= 11 is 0.